The van der Waals surface area contributed by atoms with Gasteiger partial charge in [0.1, 0.15) is 6.61 Å². The first-order chi connectivity index (χ1) is 5.76. The lowest BCUT2D eigenvalue weighted by molar-refractivity contribution is 0.414. The third-order valence-electron chi connectivity index (χ3n) is 1.85. The fourth-order valence-electron chi connectivity index (χ4n) is 1.40. The molecule has 0 atom stereocenters. The molecule has 0 amide bonds. The lowest BCUT2D eigenvalue weighted by atomic mass is 10.0. The highest BCUT2D eigenvalue weighted by Gasteiger charge is 1.96. The molecule has 0 aliphatic carbocycles. The van der Waals surface area contributed by atoms with Crippen LogP contribution in [0.5, 0.6) is 0 Å². The Morgan fingerprint density at radius 2 is 2.08 bits per heavy atom. The molecule has 1 rings (SSSR count). The summed E-state index contributed by atoms with van der Waals surface area (Å²) in [6.45, 7) is 5.36. The number of benzene rings is 1. The molecule has 0 saturated carbocycles. The van der Waals surface area contributed by atoms with Crippen molar-refractivity contribution in [3.63, 3.8) is 0 Å². The molecule has 0 unspecified atom stereocenters. The first kappa shape index (κ1) is 9.27. The molecule has 0 aromatic heterocycles. The smallest absolute Gasteiger partial charge is 0.109 e. The van der Waals surface area contributed by atoms with E-state index in [1.807, 2.05) is 19.1 Å². The minimum atomic E-state index is 0.901. The second-order valence-corrected chi connectivity index (χ2v) is 3.13. The zero-order chi connectivity index (χ0) is 8.97. The van der Waals surface area contributed by atoms with Crippen LogP contribution < -0.4 is 0 Å². The van der Waals surface area contributed by atoms with Gasteiger partial charge in [0, 0.05) is 0 Å². The van der Waals surface area contributed by atoms with E-state index in [0.717, 1.165) is 25.0 Å². The summed E-state index contributed by atoms with van der Waals surface area (Å²) in [5.74, 6) is 0. The van der Waals surface area contributed by atoms with Crippen molar-refractivity contribution in [3.8, 4) is 0 Å². The molecule has 1 heteroatoms. The second kappa shape index (κ2) is 4.27. The lowest BCUT2D eigenvalue weighted by Gasteiger charge is -2.03. The van der Waals surface area contributed by atoms with Gasteiger partial charge in [0.05, 0.1) is 0 Å². The molecule has 1 nitrogen and oxygen atoms in total. The summed E-state index contributed by atoms with van der Waals surface area (Å²) in [6.07, 6.45) is 2.23. The van der Waals surface area contributed by atoms with E-state index in [2.05, 4.69) is 13.0 Å². The van der Waals surface area contributed by atoms with Crippen molar-refractivity contribution < 1.29 is 5.11 Å². The summed E-state index contributed by atoms with van der Waals surface area (Å²) < 4.78 is 0. The summed E-state index contributed by atoms with van der Waals surface area (Å²) >= 11 is 0. The Balaban J connectivity index is 2.90. The van der Waals surface area contributed by atoms with Gasteiger partial charge in [-0.25, -0.2) is 0 Å². The third-order valence-corrected chi connectivity index (χ3v) is 1.85. The first-order valence-corrected chi connectivity index (χ1v) is 4.34. The average molecular weight is 163 g/mol. The van der Waals surface area contributed by atoms with Crippen molar-refractivity contribution >= 4 is 0 Å². The zero-order valence-corrected chi connectivity index (χ0v) is 7.67. The van der Waals surface area contributed by atoms with E-state index < -0.39 is 0 Å². The molecule has 0 saturated heterocycles. The zero-order valence-electron chi connectivity index (χ0n) is 7.67. The predicted octanol–water partition coefficient (Wildman–Crippen LogP) is 2.83. The molecule has 1 N–H and O–H groups in total. The van der Waals surface area contributed by atoms with Crippen LogP contribution in [0.3, 0.4) is 0 Å². The van der Waals surface area contributed by atoms with Gasteiger partial charge < -0.3 is 5.11 Å². The predicted molar refractivity (Wildman–Crippen MR) is 50.5 cm³/mol. The Labute approximate surface area is 74.1 Å². The van der Waals surface area contributed by atoms with E-state index in [1.54, 1.807) is 0 Å². The van der Waals surface area contributed by atoms with Crippen LogP contribution >= 0.6 is 0 Å². The maximum Gasteiger partial charge on any atom is 0.109 e. The molecule has 0 fully saturated rings. The average Bonchev–Trinajstić information content (AvgIpc) is 2.04. The topological polar surface area (TPSA) is 20.2 Å². The number of hydrogen-bond acceptors (Lipinski definition) is 1. The van der Waals surface area contributed by atoms with E-state index in [0.29, 0.717) is 0 Å². The Kier molecular flexibility index (Phi) is 3.30. The summed E-state index contributed by atoms with van der Waals surface area (Å²) in [7, 11) is 0. The molecule has 1 aromatic carbocycles. The highest BCUT2D eigenvalue weighted by Crippen LogP contribution is 2.11. The molecule has 0 spiro atoms. The molecular weight excluding hydrogens is 148 g/mol. The highest BCUT2D eigenvalue weighted by molar-refractivity contribution is 5.32. The fourth-order valence-corrected chi connectivity index (χ4v) is 1.40. The molecule has 1 aromatic rings. The van der Waals surface area contributed by atoms with Crippen molar-refractivity contribution in [2.24, 2.45) is 0 Å². The minimum Gasteiger partial charge on any atom is -0.385 e. The lowest BCUT2D eigenvalue weighted by Crippen LogP contribution is -1.89. The summed E-state index contributed by atoms with van der Waals surface area (Å²) in [4.78, 5) is 0. The first-order valence-electron chi connectivity index (χ1n) is 4.34. The van der Waals surface area contributed by atoms with Gasteiger partial charge in [-0.3, -0.25) is 0 Å². The molecule has 0 aliphatic rings. The molecule has 0 bridgehead atoms. The van der Waals surface area contributed by atoms with Crippen LogP contribution in [-0.2, 0) is 6.42 Å². The standard InChI is InChI=1S/C11H15O/c1-3-4-10-5-9(2)6-11(7-10)8-12/h5-8,12H,3-4H2,1-2H3. The van der Waals surface area contributed by atoms with Gasteiger partial charge in [-0.2, -0.15) is 0 Å². The number of hydrogen-bond donors (Lipinski definition) is 1. The molecule has 65 valence electrons. The normalized spacial score (nSPS) is 10.2. The SMILES string of the molecule is CCCc1cc(C)cc([CH]O)c1. The number of aliphatic hydroxyl groups excluding tert-OH is 1. The summed E-state index contributed by atoms with van der Waals surface area (Å²) in [5.41, 5.74) is 3.41. The minimum absolute atomic E-state index is 0.901. The Morgan fingerprint density at radius 1 is 1.33 bits per heavy atom. The van der Waals surface area contributed by atoms with Gasteiger partial charge in [-0.05, 0) is 24.5 Å². The summed E-state index contributed by atoms with van der Waals surface area (Å²) in [5, 5.41) is 8.83. The van der Waals surface area contributed by atoms with Gasteiger partial charge in [0.2, 0.25) is 0 Å². The van der Waals surface area contributed by atoms with Crippen molar-refractivity contribution in [1.82, 2.24) is 0 Å². The van der Waals surface area contributed by atoms with Crippen molar-refractivity contribution in [2.45, 2.75) is 26.7 Å². The molecule has 0 aliphatic heterocycles. The maximum atomic E-state index is 8.83. The van der Waals surface area contributed by atoms with Crippen LogP contribution in [0.1, 0.15) is 30.0 Å². The molecular formula is C11H15O. The quantitative estimate of drug-likeness (QED) is 0.726. The van der Waals surface area contributed by atoms with Crippen molar-refractivity contribution in [2.75, 3.05) is 0 Å². The van der Waals surface area contributed by atoms with E-state index >= 15 is 0 Å². The van der Waals surface area contributed by atoms with E-state index in [1.165, 1.54) is 11.1 Å². The van der Waals surface area contributed by atoms with Crippen LogP contribution in [0.2, 0.25) is 0 Å². The van der Waals surface area contributed by atoms with E-state index in [4.69, 9.17) is 5.11 Å². The fraction of sp³-hybridized carbons (Fsp3) is 0.364. The largest absolute Gasteiger partial charge is 0.385 e. The highest BCUT2D eigenvalue weighted by atomic mass is 16.3. The van der Waals surface area contributed by atoms with Crippen molar-refractivity contribution in [1.29, 1.82) is 0 Å². The second-order valence-electron chi connectivity index (χ2n) is 3.13. The number of aryl methyl sites for hydroxylation is 2. The molecule has 1 radical (unpaired) electrons. The van der Waals surface area contributed by atoms with Gasteiger partial charge in [-0.15, -0.1) is 0 Å². The van der Waals surface area contributed by atoms with Crippen LogP contribution in [0.25, 0.3) is 0 Å². The van der Waals surface area contributed by atoms with Gasteiger partial charge in [0.25, 0.3) is 0 Å². The van der Waals surface area contributed by atoms with Crippen LogP contribution in [0.4, 0.5) is 0 Å². The van der Waals surface area contributed by atoms with Crippen LogP contribution in [0.15, 0.2) is 18.2 Å². The van der Waals surface area contributed by atoms with Crippen LogP contribution in [-0.4, -0.2) is 5.11 Å². The maximum absolute atomic E-state index is 8.83. The Bertz CT molecular complexity index is 253. The monoisotopic (exact) mass is 163 g/mol. The van der Waals surface area contributed by atoms with E-state index in [9.17, 15) is 0 Å². The van der Waals surface area contributed by atoms with Crippen molar-refractivity contribution in [3.05, 3.63) is 41.5 Å². The van der Waals surface area contributed by atoms with Gasteiger partial charge in [0.15, 0.2) is 0 Å². The Morgan fingerprint density at radius 3 is 2.67 bits per heavy atom. The molecule has 12 heavy (non-hydrogen) atoms. The van der Waals surface area contributed by atoms with Gasteiger partial charge in [-0.1, -0.05) is 37.1 Å². The Hall–Kier alpha value is -0.820. The van der Waals surface area contributed by atoms with Gasteiger partial charge >= 0.3 is 0 Å². The van der Waals surface area contributed by atoms with E-state index in [-0.39, 0.29) is 0 Å². The van der Waals surface area contributed by atoms with Crippen LogP contribution in [0, 0.1) is 13.5 Å². The third kappa shape index (κ3) is 2.35. The number of rotatable bonds is 3. The summed E-state index contributed by atoms with van der Waals surface area (Å²) in [6, 6.07) is 6.16. The molecule has 0 heterocycles. The number of aliphatic hydroxyl groups is 1.